The minimum Gasteiger partial charge on any atom is -0.508 e. The number of phenols is 4. The summed E-state index contributed by atoms with van der Waals surface area (Å²) < 4.78 is 5.13. The van der Waals surface area contributed by atoms with Crippen molar-refractivity contribution in [3.05, 3.63) is 76.9 Å². The first-order valence-corrected chi connectivity index (χ1v) is 8.79. The predicted molar refractivity (Wildman–Crippen MR) is 109 cm³/mol. The lowest BCUT2D eigenvalue weighted by Crippen LogP contribution is -1.99. The van der Waals surface area contributed by atoms with Gasteiger partial charge in [-0.15, -0.1) is 0 Å². The fourth-order valence-electron chi connectivity index (χ4n) is 3.09. The summed E-state index contributed by atoms with van der Waals surface area (Å²) in [4.78, 5) is 0. The standard InChI is InChI=1S/C23H22O5/c1-14(17-7-10-19(25)22(13-17)28-2)23-20(26)11-16(12-21(23)27)4-3-15-5-8-18(24)9-6-15/h3-14,24-27H,1-2H3/b4-3+. The topological polar surface area (TPSA) is 90.2 Å². The van der Waals surface area contributed by atoms with Gasteiger partial charge in [0.25, 0.3) is 0 Å². The van der Waals surface area contributed by atoms with E-state index in [0.29, 0.717) is 16.9 Å². The summed E-state index contributed by atoms with van der Waals surface area (Å²) in [5, 5.41) is 40.1. The van der Waals surface area contributed by atoms with Crippen LogP contribution in [0.25, 0.3) is 12.2 Å². The second-order valence-electron chi connectivity index (χ2n) is 6.55. The molecule has 144 valence electrons. The molecule has 0 aliphatic rings. The second kappa shape index (κ2) is 7.96. The van der Waals surface area contributed by atoms with E-state index in [4.69, 9.17) is 4.74 Å². The summed E-state index contributed by atoms with van der Waals surface area (Å²) in [6, 6.07) is 14.8. The Bertz CT molecular complexity index is 983. The van der Waals surface area contributed by atoms with Crippen molar-refractivity contribution in [2.45, 2.75) is 12.8 Å². The second-order valence-corrected chi connectivity index (χ2v) is 6.55. The molecule has 3 rings (SSSR count). The highest BCUT2D eigenvalue weighted by Crippen LogP contribution is 2.40. The third-order valence-electron chi connectivity index (χ3n) is 4.66. The van der Waals surface area contributed by atoms with E-state index in [1.54, 1.807) is 54.6 Å². The van der Waals surface area contributed by atoms with E-state index < -0.39 is 0 Å². The van der Waals surface area contributed by atoms with Gasteiger partial charge in [0.2, 0.25) is 0 Å². The quantitative estimate of drug-likeness (QED) is 0.477. The van der Waals surface area contributed by atoms with Crippen molar-refractivity contribution in [2.75, 3.05) is 7.11 Å². The van der Waals surface area contributed by atoms with Crippen LogP contribution in [0, 0.1) is 0 Å². The molecule has 0 amide bonds. The van der Waals surface area contributed by atoms with Crippen LogP contribution in [-0.2, 0) is 0 Å². The molecule has 1 unspecified atom stereocenters. The van der Waals surface area contributed by atoms with Crippen molar-refractivity contribution < 1.29 is 25.2 Å². The van der Waals surface area contributed by atoms with Gasteiger partial charge in [-0.3, -0.25) is 0 Å². The molecule has 5 heteroatoms. The highest BCUT2D eigenvalue weighted by molar-refractivity contribution is 5.72. The Balaban J connectivity index is 1.90. The van der Waals surface area contributed by atoms with Crippen LogP contribution in [0.4, 0.5) is 0 Å². The Morgan fingerprint density at radius 2 is 1.36 bits per heavy atom. The van der Waals surface area contributed by atoms with E-state index in [1.807, 2.05) is 13.0 Å². The Labute approximate surface area is 163 Å². The van der Waals surface area contributed by atoms with E-state index in [-0.39, 0.29) is 28.9 Å². The van der Waals surface area contributed by atoms with Gasteiger partial charge in [0.15, 0.2) is 11.5 Å². The SMILES string of the molecule is COc1cc(C(C)c2c(O)cc(/C=C/c3ccc(O)cc3)cc2O)ccc1O. The molecule has 0 aliphatic heterocycles. The smallest absolute Gasteiger partial charge is 0.160 e. The normalized spacial score (nSPS) is 12.2. The summed E-state index contributed by atoms with van der Waals surface area (Å²) in [5.74, 6) is 0.189. The average Bonchev–Trinajstić information content (AvgIpc) is 2.67. The summed E-state index contributed by atoms with van der Waals surface area (Å²) in [5.41, 5.74) is 2.70. The zero-order valence-electron chi connectivity index (χ0n) is 15.6. The van der Waals surface area contributed by atoms with Gasteiger partial charge < -0.3 is 25.2 Å². The Hall–Kier alpha value is -3.60. The van der Waals surface area contributed by atoms with Gasteiger partial charge in [-0.05, 0) is 53.1 Å². The first kappa shape index (κ1) is 19.2. The van der Waals surface area contributed by atoms with Crippen molar-refractivity contribution >= 4 is 12.2 Å². The molecule has 0 spiro atoms. The number of phenolic OH excluding ortho intramolecular Hbond substituents is 4. The summed E-state index contributed by atoms with van der Waals surface area (Å²) in [6.45, 7) is 1.85. The van der Waals surface area contributed by atoms with Crippen LogP contribution >= 0.6 is 0 Å². The lowest BCUT2D eigenvalue weighted by atomic mass is 9.90. The van der Waals surface area contributed by atoms with E-state index in [1.165, 1.54) is 13.2 Å². The van der Waals surface area contributed by atoms with Crippen molar-refractivity contribution in [1.82, 2.24) is 0 Å². The van der Waals surface area contributed by atoms with E-state index in [0.717, 1.165) is 11.1 Å². The van der Waals surface area contributed by atoms with Gasteiger partial charge in [-0.25, -0.2) is 0 Å². The lowest BCUT2D eigenvalue weighted by molar-refractivity contribution is 0.372. The van der Waals surface area contributed by atoms with Crippen molar-refractivity contribution in [1.29, 1.82) is 0 Å². The molecule has 0 aromatic heterocycles. The minimum absolute atomic E-state index is 0.0232. The number of methoxy groups -OCH3 is 1. The summed E-state index contributed by atoms with van der Waals surface area (Å²) in [6.07, 6.45) is 3.59. The molecule has 0 aliphatic carbocycles. The number of benzene rings is 3. The number of rotatable bonds is 5. The number of aromatic hydroxyl groups is 4. The van der Waals surface area contributed by atoms with Crippen molar-refractivity contribution in [2.24, 2.45) is 0 Å². The monoisotopic (exact) mass is 378 g/mol. The van der Waals surface area contributed by atoms with Crippen LogP contribution in [0.5, 0.6) is 28.7 Å². The van der Waals surface area contributed by atoms with E-state index in [2.05, 4.69) is 0 Å². The fourth-order valence-corrected chi connectivity index (χ4v) is 3.09. The molecule has 1 atom stereocenters. The molecule has 0 heterocycles. The molecule has 3 aromatic rings. The minimum atomic E-state index is -0.315. The maximum Gasteiger partial charge on any atom is 0.160 e. The molecule has 5 nitrogen and oxygen atoms in total. The lowest BCUT2D eigenvalue weighted by Gasteiger charge is -2.17. The number of ether oxygens (including phenoxy) is 1. The van der Waals surface area contributed by atoms with Crippen LogP contribution in [0.1, 0.15) is 35.1 Å². The summed E-state index contributed by atoms with van der Waals surface area (Å²) in [7, 11) is 1.47. The average molecular weight is 378 g/mol. The predicted octanol–water partition coefficient (Wildman–Crippen LogP) is 4.84. The molecular weight excluding hydrogens is 356 g/mol. The van der Waals surface area contributed by atoms with Crippen molar-refractivity contribution in [3.8, 4) is 28.7 Å². The van der Waals surface area contributed by atoms with Crippen molar-refractivity contribution in [3.63, 3.8) is 0 Å². The van der Waals surface area contributed by atoms with Crippen LogP contribution < -0.4 is 4.74 Å². The van der Waals surface area contributed by atoms with Crippen LogP contribution in [0.2, 0.25) is 0 Å². The fraction of sp³-hybridized carbons (Fsp3) is 0.130. The van der Waals surface area contributed by atoms with E-state index >= 15 is 0 Å². The zero-order valence-corrected chi connectivity index (χ0v) is 15.6. The molecule has 3 aromatic carbocycles. The van der Waals surface area contributed by atoms with Crippen LogP contribution in [-0.4, -0.2) is 27.5 Å². The van der Waals surface area contributed by atoms with Crippen LogP contribution in [0.3, 0.4) is 0 Å². The Morgan fingerprint density at radius 1 is 0.750 bits per heavy atom. The number of hydrogen-bond acceptors (Lipinski definition) is 5. The Kier molecular flexibility index (Phi) is 5.45. The molecule has 0 bridgehead atoms. The molecule has 28 heavy (non-hydrogen) atoms. The zero-order chi connectivity index (χ0) is 20.3. The van der Waals surface area contributed by atoms with Gasteiger partial charge in [0, 0.05) is 11.5 Å². The Morgan fingerprint density at radius 3 is 1.96 bits per heavy atom. The first-order chi connectivity index (χ1) is 13.4. The highest BCUT2D eigenvalue weighted by atomic mass is 16.5. The number of hydrogen-bond donors (Lipinski definition) is 4. The maximum atomic E-state index is 10.5. The van der Waals surface area contributed by atoms with Gasteiger partial charge in [-0.1, -0.05) is 37.3 Å². The largest absolute Gasteiger partial charge is 0.508 e. The molecule has 0 fully saturated rings. The van der Waals surface area contributed by atoms with E-state index in [9.17, 15) is 20.4 Å². The third kappa shape index (κ3) is 4.04. The van der Waals surface area contributed by atoms with Crippen LogP contribution in [0.15, 0.2) is 54.6 Å². The molecule has 0 saturated heterocycles. The molecule has 0 radical (unpaired) electrons. The highest BCUT2D eigenvalue weighted by Gasteiger charge is 2.19. The third-order valence-corrected chi connectivity index (χ3v) is 4.66. The van der Waals surface area contributed by atoms with Gasteiger partial charge in [0.05, 0.1) is 7.11 Å². The first-order valence-electron chi connectivity index (χ1n) is 8.79. The maximum absolute atomic E-state index is 10.5. The van der Waals surface area contributed by atoms with Gasteiger partial charge in [0.1, 0.15) is 17.2 Å². The molecule has 0 saturated carbocycles. The van der Waals surface area contributed by atoms with Gasteiger partial charge >= 0.3 is 0 Å². The summed E-state index contributed by atoms with van der Waals surface area (Å²) >= 11 is 0. The molecule has 4 N–H and O–H groups in total. The van der Waals surface area contributed by atoms with Gasteiger partial charge in [-0.2, -0.15) is 0 Å². The molecular formula is C23H22O5.